The monoisotopic (exact) mass is 180 g/mol. The molecule has 0 heterocycles. The quantitative estimate of drug-likeness (QED) is 0.358. The molecular formula is C6H12O4S. The SMILES string of the molecule is C=C(C)COOS(=O)(=O)CC. The maximum Gasteiger partial charge on any atom is 0.293 e. The van der Waals surface area contributed by atoms with Gasteiger partial charge in [-0.05, 0) is 13.8 Å². The van der Waals surface area contributed by atoms with Gasteiger partial charge in [0.1, 0.15) is 6.61 Å². The van der Waals surface area contributed by atoms with Crippen molar-refractivity contribution in [1.82, 2.24) is 0 Å². The van der Waals surface area contributed by atoms with E-state index in [1.54, 1.807) is 6.92 Å². The molecule has 0 aliphatic rings. The number of hydrogen-bond donors (Lipinski definition) is 0. The summed E-state index contributed by atoms with van der Waals surface area (Å²) in [5, 5.41) is 0. The molecule has 0 unspecified atom stereocenters. The van der Waals surface area contributed by atoms with E-state index >= 15 is 0 Å². The second-order valence-electron chi connectivity index (χ2n) is 2.13. The molecule has 0 bridgehead atoms. The van der Waals surface area contributed by atoms with Crippen LogP contribution in [0.1, 0.15) is 13.8 Å². The van der Waals surface area contributed by atoms with E-state index in [1.807, 2.05) is 0 Å². The topological polar surface area (TPSA) is 52.6 Å². The van der Waals surface area contributed by atoms with Crippen LogP contribution in [-0.2, 0) is 19.3 Å². The fourth-order valence-corrected chi connectivity index (χ4v) is 0.537. The van der Waals surface area contributed by atoms with Gasteiger partial charge < -0.3 is 0 Å². The first kappa shape index (κ1) is 10.6. The maximum atomic E-state index is 10.6. The summed E-state index contributed by atoms with van der Waals surface area (Å²) in [6.07, 6.45) is 0. The van der Waals surface area contributed by atoms with Gasteiger partial charge in [0, 0.05) is 0 Å². The molecule has 11 heavy (non-hydrogen) atoms. The third kappa shape index (κ3) is 6.03. The van der Waals surface area contributed by atoms with Gasteiger partial charge in [-0.2, -0.15) is 8.42 Å². The van der Waals surface area contributed by atoms with Crippen molar-refractivity contribution in [2.24, 2.45) is 0 Å². The summed E-state index contributed by atoms with van der Waals surface area (Å²) in [5.41, 5.74) is 0.705. The molecule has 0 rings (SSSR count). The Labute approximate surface area is 66.9 Å². The Morgan fingerprint density at radius 2 is 2.09 bits per heavy atom. The Kier molecular flexibility index (Phi) is 4.32. The average Bonchev–Trinajstić information content (AvgIpc) is 1.87. The summed E-state index contributed by atoms with van der Waals surface area (Å²) in [6.45, 7) is 6.78. The first-order valence-corrected chi connectivity index (χ1v) is 4.74. The van der Waals surface area contributed by atoms with Crippen molar-refractivity contribution in [2.75, 3.05) is 12.4 Å². The van der Waals surface area contributed by atoms with Crippen LogP contribution in [0.5, 0.6) is 0 Å². The molecule has 0 aromatic rings. The molecule has 5 heteroatoms. The first-order valence-electron chi connectivity index (χ1n) is 3.16. The van der Waals surface area contributed by atoms with Crippen molar-refractivity contribution in [1.29, 1.82) is 0 Å². The maximum absolute atomic E-state index is 10.6. The Balaban J connectivity index is 3.63. The average molecular weight is 180 g/mol. The molecule has 0 N–H and O–H groups in total. The molecule has 4 nitrogen and oxygen atoms in total. The van der Waals surface area contributed by atoms with E-state index in [0.717, 1.165) is 0 Å². The minimum absolute atomic E-state index is 0.0941. The molecule has 0 atom stereocenters. The van der Waals surface area contributed by atoms with Crippen molar-refractivity contribution in [2.45, 2.75) is 13.8 Å². The van der Waals surface area contributed by atoms with Crippen LogP contribution in [0.3, 0.4) is 0 Å². The van der Waals surface area contributed by atoms with Crippen LogP contribution in [0, 0.1) is 0 Å². The van der Waals surface area contributed by atoms with E-state index in [-0.39, 0.29) is 12.4 Å². The third-order valence-electron chi connectivity index (χ3n) is 0.811. The zero-order chi connectivity index (χ0) is 8.91. The Bertz CT molecular complexity index is 217. The molecule has 0 aliphatic heterocycles. The predicted octanol–water partition coefficient (Wildman–Crippen LogP) is 0.860. The number of rotatable bonds is 5. The molecule has 66 valence electrons. The van der Waals surface area contributed by atoms with Crippen molar-refractivity contribution < 1.29 is 17.6 Å². The molecular weight excluding hydrogens is 168 g/mol. The Morgan fingerprint density at radius 1 is 1.55 bits per heavy atom. The summed E-state index contributed by atoms with van der Waals surface area (Å²) in [7, 11) is -3.48. The van der Waals surface area contributed by atoms with E-state index in [4.69, 9.17) is 0 Å². The summed E-state index contributed by atoms with van der Waals surface area (Å²) < 4.78 is 25.3. The van der Waals surface area contributed by atoms with Gasteiger partial charge in [-0.25, -0.2) is 4.89 Å². The minimum Gasteiger partial charge on any atom is -0.215 e. The van der Waals surface area contributed by atoms with Crippen molar-refractivity contribution >= 4 is 10.1 Å². The van der Waals surface area contributed by atoms with Gasteiger partial charge in [-0.3, -0.25) is 0 Å². The lowest BCUT2D eigenvalue weighted by Crippen LogP contribution is -2.09. The zero-order valence-corrected chi connectivity index (χ0v) is 7.48. The fourth-order valence-electron chi connectivity index (χ4n) is 0.246. The predicted molar refractivity (Wildman–Crippen MR) is 41.3 cm³/mol. The highest BCUT2D eigenvalue weighted by Crippen LogP contribution is 1.96. The third-order valence-corrected chi connectivity index (χ3v) is 1.82. The van der Waals surface area contributed by atoms with Crippen LogP contribution in [0.25, 0.3) is 0 Å². The van der Waals surface area contributed by atoms with Gasteiger partial charge >= 0.3 is 0 Å². The largest absolute Gasteiger partial charge is 0.293 e. The van der Waals surface area contributed by atoms with Gasteiger partial charge in [-0.1, -0.05) is 12.2 Å². The molecule has 0 aromatic heterocycles. The van der Waals surface area contributed by atoms with Gasteiger partial charge in [0.2, 0.25) is 0 Å². The van der Waals surface area contributed by atoms with Crippen LogP contribution in [-0.4, -0.2) is 20.8 Å². The van der Waals surface area contributed by atoms with E-state index in [9.17, 15) is 8.42 Å². The lowest BCUT2D eigenvalue weighted by Gasteiger charge is -2.01. The standard InChI is InChI=1S/C6H12O4S/c1-4-11(7,8)10-9-5-6(2)3/h2,4-5H2,1,3H3. The highest BCUT2D eigenvalue weighted by molar-refractivity contribution is 7.86. The summed E-state index contributed by atoms with van der Waals surface area (Å²) >= 11 is 0. The van der Waals surface area contributed by atoms with E-state index in [1.165, 1.54) is 6.92 Å². The molecule has 0 spiro atoms. The molecule has 0 saturated carbocycles. The van der Waals surface area contributed by atoms with Gasteiger partial charge in [0.05, 0.1) is 5.75 Å². The second kappa shape index (κ2) is 4.48. The Morgan fingerprint density at radius 3 is 2.45 bits per heavy atom. The van der Waals surface area contributed by atoms with Crippen molar-refractivity contribution in [3.8, 4) is 0 Å². The van der Waals surface area contributed by atoms with Crippen LogP contribution in [0.2, 0.25) is 0 Å². The van der Waals surface area contributed by atoms with Gasteiger partial charge in [-0.15, -0.1) is 4.33 Å². The molecule has 0 radical (unpaired) electrons. The van der Waals surface area contributed by atoms with E-state index < -0.39 is 10.1 Å². The lowest BCUT2D eigenvalue weighted by atomic mass is 10.4. The fraction of sp³-hybridized carbons (Fsp3) is 0.667. The normalized spacial score (nSPS) is 11.5. The lowest BCUT2D eigenvalue weighted by molar-refractivity contribution is -0.192. The minimum atomic E-state index is -3.48. The molecule has 0 aliphatic carbocycles. The highest BCUT2D eigenvalue weighted by Gasteiger charge is 2.07. The van der Waals surface area contributed by atoms with Gasteiger partial charge in [0.15, 0.2) is 0 Å². The summed E-state index contributed by atoms with van der Waals surface area (Å²) in [4.78, 5) is 4.36. The molecule has 0 fully saturated rings. The Hall–Kier alpha value is -0.390. The van der Waals surface area contributed by atoms with E-state index in [2.05, 4.69) is 15.8 Å². The number of hydrogen-bond acceptors (Lipinski definition) is 4. The van der Waals surface area contributed by atoms with Crippen LogP contribution < -0.4 is 0 Å². The van der Waals surface area contributed by atoms with Crippen molar-refractivity contribution in [3.63, 3.8) is 0 Å². The highest BCUT2D eigenvalue weighted by atomic mass is 32.2. The first-order chi connectivity index (χ1) is 4.98. The zero-order valence-electron chi connectivity index (χ0n) is 6.66. The summed E-state index contributed by atoms with van der Waals surface area (Å²) in [5.74, 6) is -0.0941. The smallest absolute Gasteiger partial charge is 0.215 e. The van der Waals surface area contributed by atoms with Crippen molar-refractivity contribution in [3.05, 3.63) is 12.2 Å². The molecule has 0 amide bonds. The molecule has 0 saturated heterocycles. The molecule has 0 aromatic carbocycles. The van der Waals surface area contributed by atoms with Crippen LogP contribution in [0.15, 0.2) is 12.2 Å². The summed E-state index contributed by atoms with van der Waals surface area (Å²) in [6, 6.07) is 0. The van der Waals surface area contributed by atoms with Crippen LogP contribution in [0.4, 0.5) is 0 Å². The van der Waals surface area contributed by atoms with Gasteiger partial charge in [0.25, 0.3) is 10.1 Å². The van der Waals surface area contributed by atoms with E-state index in [0.29, 0.717) is 5.57 Å². The second-order valence-corrected chi connectivity index (χ2v) is 3.96. The van der Waals surface area contributed by atoms with Crippen LogP contribution >= 0.6 is 0 Å².